The average molecular weight is 222 g/mol. The highest BCUT2D eigenvalue weighted by Crippen LogP contribution is 2.06. The largest absolute Gasteiger partial charge is 0.353 e. The number of nitrogens with one attached hydrogen (secondary N) is 2. The van der Waals surface area contributed by atoms with Gasteiger partial charge in [-0.05, 0) is 45.2 Å². The van der Waals surface area contributed by atoms with Gasteiger partial charge in [0.15, 0.2) is 0 Å². The summed E-state index contributed by atoms with van der Waals surface area (Å²) in [5, 5.41) is 6.44. The summed E-state index contributed by atoms with van der Waals surface area (Å²) < 4.78 is 0. The molecule has 2 N–H and O–H groups in total. The Kier molecular flexibility index (Phi) is 6.67. The van der Waals surface area contributed by atoms with Crippen molar-refractivity contribution in [1.29, 1.82) is 0 Å². The lowest BCUT2D eigenvalue weighted by Gasteiger charge is -2.15. The summed E-state index contributed by atoms with van der Waals surface area (Å²) >= 11 is 0. The van der Waals surface area contributed by atoms with Gasteiger partial charge in [0.1, 0.15) is 0 Å². The van der Waals surface area contributed by atoms with E-state index in [4.69, 9.17) is 6.42 Å². The van der Waals surface area contributed by atoms with Crippen LogP contribution in [0.1, 0.15) is 44.9 Å². The molecular weight excluding hydrogens is 200 g/mol. The Morgan fingerprint density at radius 2 is 2.25 bits per heavy atom. The van der Waals surface area contributed by atoms with Crippen LogP contribution in [-0.2, 0) is 4.79 Å². The third kappa shape index (κ3) is 5.77. The van der Waals surface area contributed by atoms with Crippen LogP contribution in [0.4, 0.5) is 0 Å². The number of hydrogen-bond acceptors (Lipinski definition) is 2. The van der Waals surface area contributed by atoms with Crippen LogP contribution in [0.2, 0.25) is 0 Å². The van der Waals surface area contributed by atoms with Crippen molar-refractivity contribution in [1.82, 2.24) is 10.6 Å². The molecule has 0 saturated carbocycles. The predicted octanol–water partition coefficient (Wildman–Crippen LogP) is 1.44. The van der Waals surface area contributed by atoms with Crippen LogP contribution in [0.3, 0.4) is 0 Å². The number of carbonyl (C=O) groups is 1. The quantitative estimate of drug-likeness (QED) is 0.546. The van der Waals surface area contributed by atoms with Crippen molar-refractivity contribution >= 4 is 5.91 Å². The van der Waals surface area contributed by atoms with E-state index < -0.39 is 0 Å². The Balaban J connectivity index is 2.10. The van der Waals surface area contributed by atoms with Gasteiger partial charge in [0.05, 0.1) is 0 Å². The highest BCUT2D eigenvalue weighted by molar-refractivity contribution is 5.76. The molecular formula is C13H22N2O. The first-order valence-electron chi connectivity index (χ1n) is 6.26. The van der Waals surface area contributed by atoms with Crippen molar-refractivity contribution < 1.29 is 4.79 Å². The number of hydrogen-bond donors (Lipinski definition) is 2. The SMILES string of the molecule is C#CCCCCC(=O)NC1CCCNCC1. The molecule has 90 valence electrons. The lowest BCUT2D eigenvalue weighted by Crippen LogP contribution is -2.35. The summed E-state index contributed by atoms with van der Waals surface area (Å²) in [5.41, 5.74) is 0. The molecule has 3 heteroatoms. The van der Waals surface area contributed by atoms with E-state index in [1.165, 1.54) is 0 Å². The van der Waals surface area contributed by atoms with E-state index in [2.05, 4.69) is 16.6 Å². The molecule has 0 aromatic carbocycles. The van der Waals surface area contributed by atoms with E-state index in [9.17, 15) is 4.79 Å². The predicted molar refractivity (Wildman–Crippen MR) is 66.0 cm³/mol. The second kappa shape index (κ2) is 8.18. The minimum Gasteiger partial charge on any atom is -0.353 e. The van der Waals surface area contributed by atoms with Crippen LogP contribution in [0.25, 0.3) is 0 Å². The molecule has 3 nitrogen and oxygen atoms in total. The Labute approximate surface area is 98.4 Å². The molecule has 0 bridgehead atoms. The maximum atomic E-state index is 11.6. The van der Waals surface area contributed by atoms with E-state index in [-0.39, 0.29) is 5.91 Å². The fourth-order valence-corrected chi connectivity index (χ4v) is 1.98. The molecule has 0 aromatic heterocycles. The Bertz CT molecular complexity index is 237. The van der Waals surface area contributed by atoms with E-state index >= 15 is 0 Å². The molecule has 1 amide bonds. The van der Waals surface area contributed by atoms with Gasteiger partial charge in [-0.25, -0.2) is 0 Å². The van der Waals surface area contributed by atoms with Crippen molar-refractivity contribution in [2.45, 2.75) is 51.0 Å². The standard InChI is InChI=1S/C13H22N2O/c1-2-3-4-5-8-13(16)15-12-7-6-10-14-11-9-12/h1,12,14H,3-11H2,(H,15,16). The van der Waals surface area contributed by atoms with Gasteiger partial charge >= 0.3 is 0 Å². The number of rotatable bonds is 5. The van der Waals surface area contributed by atoms with Crippen molar-refractivity contribution in [2.75, 3.05) is 13.1 Å². The van der Waals surface area contributed by atoms with E-state index in [1.807, 2.05) is 0 Å². The average Bonchev–Trinajstić information content (AvgIpc) is 2.53. The Morgan fingerprint density at radius 1 is 1.38 bits per heavy atom. The molecule has 1 atom stereocenters. The molecule has 0 radical (unpaired) electrons. The smallest absolute Gasteiger partial charge is 0.220 e. The van der Waals surface area contributed by atoms with Gasteiger partial charge in [-0.2, -0.15) is 0 Å². The summed E-state index contributed by atoms with van der Waals surface area (Å²) in [6.45, 7) is 2.09. The van der Waals surface area contributed by atoms with Gasteiger partial charge in [-0.3, -0.25) is 4.79 Å². The molecule has 0 aliphatic carbocycles. The highest BCUT2D eigenvalue weighted by Gasteiger charge is 2.13. The van der Waals surface area contributed by atoms with Gasteiger partial charge in [0.2, 0.25) is 5.91 Å². The number of terminal acetylenes is 1. The molecule has 0 spiro atoms. The van der Waals surface area contributed by atoms with Crippen molar-refractivity contribution in [3.8, 4) is 12.3 Å². The lowest BCUT2D eigenvalue weighted by atomic mass is 10.1. The molecule has 1 heterocycles. The fourth-order valence-electron chi connectivity index (χ4n) is 1.98. The van der Waals surface area contributed by atoms with E-state index in [1.54, 1.807) is 0 Å². The zero-order valence-corrected chi connectivity index (χ0v) is 9.93. The Morgan fingerprint density at radius 3 is 3.06 bits per heavy atom. The highest BCUT2D eigenvalue weighted by atomic mass is 16.1. The molecule has 1 saturated heterocycles. The maximum absolute atomic E-state index is 11.6. The van der Waals surface area contributed by atoms with Gasteiger partial charge < -0.3 is 10.6 Å². The second-order valence-corrected chi connectivity index (χ2v) is 4.36. The lowest BCUT2D eigenvalue weighted by molar-refractivity contribution is -0.122. The first kappa shape index (κ1) is 13.1. The molecule has 0 aromatic rings. The first-order valence-corrected chi connectivity index (χ1v) is 6.26. The summed E-state index contributed by atoms with van der Waals surface area (Å²) in [7, 11) is 0. The molecule has 1 rings (SSSR count). The van der Waals surface area contributed by atoms with Crippen LogP contribution in [0, 0.1) is 12.3 Å². The zero-order chi connectivity index (χ0) is 11.6. The summed E-state index contributed by atoms with van der Waals surface area (Å²) in [6.07, 6.45) is 11.7. The van der Waals surface area contributed by atoms with Gasteiger partial charge in [-0.1, -0.05) is 0 Å². The van der Waals surface area contributed by atoms with Gasteiger partial charge in [0, 0.05) is 18.9 Å². The molecule has 1 aliphatic rings. The van der Waals surface area contributed by atoms with Crippen molar-refractivity contribution in [3.63, 3.8) is 0 Å². The van der Waals surface area contributed by atoms with E-state index in [0.717, 1.165) is 51.6 Å². The first-order chi connectivity index (χ1) is 7.83. The zero-order valence-electron chi connectivity index (χ0n) is 9.93. The normalized spacial score (nSPS) is 20.8. The molecule has 16 heavy (non-hydrogen) atoms. The summed E-state index contributed by atoms with van der Waals surface area (Å²) in [6, 6.07) is 0.370. The van der Waals surface area contributed by atoms with Crippen LogP contribution < -0.4 is 10.6 Å². The van der Waals surface area contributed by atoms with Crippen LogP contribution in [0.15, 0.2) is 0 Å². The van der Waals surface area contributed by atoms with Crippen LogP contribution in [0.5, 0.6) is 0 Å². The molecule has 1 unspecified atom stereocenters. The summed E-state index contributed by atoms with van der Waals surface area (Å²) in [4.78, 5) is 11.6. The second-order valence-electron chi connectivity index (χ2n) is 4.36. The monoisotopic (exact) mass is 222 g/mol. The third-order valence-electron chi connectivity index (χ3n) is 2.92. The number of carbonyl (C=O) groups excluding carboxylic acids is 1. The number of unbranched alkanes of at least 4 members (excludes halogenated alkanes) is 2. The molecule has 1 fully saturated rings. The molecule has 1 aliphatic heterocycles. The minimum absolute atomic E-state index is 0.184. The van der Waals surface area contributed by atoms with Gasteiger partial charge in [0.25, 0.3) is 0 Å². The third-order valence-corrected chi connectivity index (χ3v) is 2.92. The topological polar surface area (TPSA) is 41.1 Å². The maximum Gasteiger partial charge on any atom is 0.220 e. The van der Waals surface area contributed by atoms with Crippen LogP contribution in [-0.4, -0.2) is 25.0 Å². The minimum atomic E-state index is 0.184. The van der Waals surface area contributed by atoms with Crippen LogP contribution >= 0.6 is 0 Å². The van der Waals surface area contributed by atoms with Crippen molar-refractivity contribution in [2.24, 2.45) is 0 Å². The van der Waals surface area contributed by atoms with E-state index in [0.29, 0.717) is 12.5 Å². The number of amides is 1. The van der Waals surface area contributed by atoms with Crippen molar-refractivity contribution in [3.05, 3.63) is 0 Å². The Hall–Kier alpha value is -1.01. The summed E-state index contributed by atoms with van der Waals surface area (Å²) in [5.74, 6) is 2.78. The van der Waals surface area contributed by atoms with Gasteiger partial charge in [-0.15, -0.1) is 12.3 Å². The fraction of sp³-hybridized carbons (Fsp3) is 0.769.